The summed E-state index contributed by atoms with van der Waals surface area (Å²) in [5, 5.41) is 4.26. The van der Waals surface area contributed by atoms with Crippen molar-refractivity contribution in [3.8, 4) is 5.75 Å². The van der Waals surface area contributed by atoms with Crippen molar-refractivity contribution in [2.75, 3.05) is 19.6 Å². The molecule has 11 nitrogen and oxygen atoms in total. The van der Waals surface area contributed by atoms with Crippen LogP contribution in [-0.2, 0) is 9.59 Å². The Hall–Kier alpha value is -5.16. The van der Waals surface area contributed by atoms with Gasteiger partial charge in [0.2, 0.25) is 11.8 Å². The molecule has 3 heterocycles. The van der Waals surface area contributed by atoms with Crippen LogP contribution in [0.25, 0.3) is 10.9 Å². The summed E-state index contributed by atoms with van der Waals surface area (Å²) in [6, 6.07) is 18.3. The van der Waals surface area contributed by atoms with E-state index in [2.05, 4.69) is 10.3 Å². The van der Waals surface area contributed by atoms with Gasteiger partial charge in [-0.15, -0.1) is 0 Å². The lowest BCUT2D eigenvalue weighted by Gasteiger charge is -2.36. The number of rotatable bonds is 7. The Morgan fingerprint density at radius 2 is 1.81 bits per heavy atom. The molecule has 2 atom stereocenters. The van der Waals surface area contributed by atoms with E-state index in [0.29, 0.717) is 35.3 Å². The minimum absolute atomic E-state index is 0.110. The molecule has 4 amide bonds. The summed E-state index contributed by atoms with van der Waals surface area (Å²) in [5.74, 6) is -0.847. The molecule has 0 aliphatic carbocycles. The molecule has 1 aromatic heterocycles. The standard InChI is InChI=1S/C35H35ClN6O5/c1-35(2,3)47-28-16-21(27(43)17-29(37)44)10-13-24(28)33-40-31(20-8-11-22(36)12-9-20)32(25-18-39-26-7-5-4-6-23(25)26)42(33)34(46)41-15-14-38-30(45)19-41/h4-13,16,18,31-32,39H,14-15,17,19H2,1-3H3,(H2,37,44)(H,38,45). The molecule has 47 heavy (non-hydrogen) atoms. The van der Waals surface area contributed by atoms with Crippen LogP contribution in [0, 0.1) is 0 Å². The number of amidine groups is 1. The van der Waals surface area contributed by atoms with E-state index >= 15 is 0 Å². The normalized spacial score (nSPS) is 18.2. The van der Waals surface area contributed by atoms with E-state index in [1.54, 1.807) is 35.2 Å². The quantitative estimate of drug-likeness (QED) is 0.186. The van der Waals surface area contributed by atoms with E-state index in [9.17, 15) is 19.2 Å². The Morgan fingerprint density at radius 1 is 1.06 bits per heavy atom. The lowest BCUT2D eigenvalue weighted by molar-refractivity contribution is -0.123. The third kappa shape index (κ3) is 6.57. The molecule has 2 unspecified atom stereocenters. The number of carbonyl (C=O) groups excluding carboxylic acids is 4. The number of piperazine rings is 1. The second-order valence-electron chi connectivity index (χ2n) is 12.6. The van der Waals surface area contributed by atoms with Gasteiger partial charge in [-0.2, -0.15) is 0 Å². The van der Waals surface area contributed by atoms with Crippen LogP contribution >= 0.6 is 11.6 Å². The maximum atomic E-state index is 14.7. The fourth-order valence-corrected chi connectivity index (χ4v) is 6.15. The second-order valence-corrected chi connectivity index (χ2v) is 13.0. The number of carbonyl (C=O) groups is 4. The summed E-state index contributed by atoms with van der Waals surface area (Å²) in [6.45, 7) is 6.12. The number of aromatic amines is 1. The van der Waals surface area contributed by atoms with Crippen LogP contribution in [-0.4, -0.2) is 69.5 Å². The van der Waals surface area contributed by atoms with Crippen LogP contribution in [0.2, 0.25) is 5.02 Å². The second kappa shape index (κ2) is 12.6. The molecule has 4 aromatic rings. The number of hydrogen-bond donors (Lipinski definition) is 3. The van der Waals surface area contributed by atoms with Crippen molar-refractivity contribution >= 4 is 52.0 Å². The van der Waals surface area contributed by atoms with E-state index in [0.717, 1.165) is 22.0 Å². The molecule has 0 bridgehead atoms. The van der Waals surface area contributed by atoms with Crippen molar-refractivity contribution in [2.45, 2.75) is 44.9 Å². The van der Waals surface area contributed by atoms with Crippen LogP contribution in [0.5, 0.6) is 5.75 Å². The maximum Gasteiger partial charge on any atom is 0.326 e. The lowest BCUT2D eigenvalue weighted by atomic mass is 9.93. The number of ether oxygens (including phenoxy) is 1. The van der Waals surface area contributed by atoms with Gasteiger partial charge in [-0.05, 0) is 56.7 Å². The maximum absolute atomic E-state index is 14.7. The number of nitrogens with zero attached hydrogens (tertiary/aromatic N) is 3. The SMILES string of the molecule is CC(C)(C)Oc1cc(C(=O)CC(N)=O)ccc1C1=NC(c2ccc(Cl)cc2)C(c2c[nH]c3ccccc23)N1C(=O)N1CCNC(=O)C1. The molecule has 0 spiro atoms. The molecule has 0 saturated carbocycles. The highest BCUT2D eigenvalue weighted by molar-refractivity contribution is 6.30. The molecule has 2 aliphatic heterocycles. The number of amides is 4. The van der Waals surface area contributed by atoms with Gasteiger partial charge >= 0.3 is 6.03 Å². The predicted octanol–water partition coefficient (Wildman–Crippen LogP) is 5.15. The van der Waals surface area contributed by atoms with E-state index in [1.807, 2.05) is 63.4 Å². The van der Waals surface area contributed by atoms with Crippen LogP contribution in [0.1, 0.15) is 66.3 Å². The molecule has 1 saturated heterocycles. The van der Waals surface area contributed by atoms with E-state index in [-0.39, 0.29) is 18.0 Å². The minimum Gasteiger partial charge on any atom is -0.487 e. The van der Waals surface area contributed by atoms with Crippen molar-refractivity contribution in [1.29, 1.82) is 0 Å². The van der Waals surface area contributed by atoms with Gasteiger partial charge in [0.1, 0.15) is 29.8 Å². The third-order valence-corrected chi connectivity index (χ3v) is 8.28. The number of ketones is 1. The molecule has 1 fully saturated rings. The summed E-state index contributed by atoms with van der Waals surface area (Å²) in [4.78, 5) is 63.4. The molecule has 0 radical (unpaired) electrons. The largest absolute Gasteiger partial charge is 0.487 e. The highest BCUT2D eigenvalue weighted by Crippen LogP contribution is 2.47. The van der Waals surface area contributed by atoms with Crippen LogP contribution in [0.3, 0.4) is 0 Å². The Balaban J connectivity index is 1.58. The molecule has 4 N–H and O–H groups in total. The van der Waals surface area contributed by atoms with E-state index < -0.39 is 41.8 Å². The van der Waals surface area contributed by atoms with Crippen LogP contribution in [0.15, 0.2) is 77.9 Å². The highest BCUT2D eigenvalue weighted by Gasteiger charge is 2.46. The number of para-hydroxylation sites is 1. The first-order valence-electron chi connectivity index (χ1n) is 15.3. The Labute approximate surface area is 276 Å². The monoisotopic (exact) mass is 654 g/mol. The molecular formula is C35H35ClN6O5. The summed E-state index contributed by atoms with van der Waals surface area (Å²) in [6.07, 6.45) is 1.43. The molecular weight excluding hydrogens is 620 g/mol. The first-order valence-corrected chi connectivity index (χ1v) is 15.7. The summed E-state index contributed by atoms with van der Waals surface area (Å²) in [5.41, 5.74) is 7.86. The fraction of sp³-hybridized carbons (Fsp3) is 0.286. The molecule has 2 aliphatic rings. The van der Waals surface area contributed by atoms with Gasteiger partial charge < -0.3 is 25.7 Å². The number of halogens is 1. The van der Waals surface area contributed by atoms with Gasteiger partial charge in [-0.25, -0.2) is 4.79 Å². The zero-order chi connectivity index (χ0) is 33.5. The Bertz CT molecular complexity index is 1910. The van der Waals surface area contributed by atoms with Gasteiger partial charge in [0.25, 0.3) is 0 Å². The number of primary amides is 1. The number of hydrogen-bond acceptors (Lipinski definition) is 6. The van der Waals surface area contributed by atoms with Gasteiger partial charge in [-0.3, -0.25) is 24.3 Å². The molecule has 3 aromatic carbocycles. The smallest absolute Gasteiger partial charge is 0.326 e. The van der Waals surface area contributed by atoms with Crippen molar-refractivity contribution in [2.24, 2.45) is 10.7 Å². The lowest BCUT2D eigenvalue weighted by Crippen LogP contribution is -2.55. The van der Waals surface area contributed by atoms with Gasteiger partial charge in [0, 0.05) is 46.3 Å². The fourth-order valence-electron chi connectivity index (χ4n) is 6.02. The number of fused-ring (bicyclic) bond motifs is 1. The number of H-pyrrole nitrogens is 1. The minimum atomic E-state index is -0.743. The highest BCUT2D eigenvalue weighted by atomic mass is 35.5. The topological polar surface area (TPSA) is 150 Å². The average Bonchev–Trinajstić information content (AvgIpc) is 3.62. The first kappa shape index (κ1) is 31.8. The van der Waals surface area contributed by atoms with Gasteiger partial charge in [0.15, 0.2) is 5.78 Å². The van der Waals surface area contributed by atoms with Crippen molar-refractivity contribution in [3.05, 3.63) is 100 Å². The summed E-state index contributed by atoms with van der Waals surface area (Å²) >= 11 is 6.28. The van der Waals surface area contributed by atoms with Crippen molar-refractivity contribution < 1.29 is 23.9 Å². The number of nitrogens with one attached hydrogen (secondary N) is 2. The van der Waals surface area contributed by atoms with Gasteiger partial charge in [0.05, 0.1) is 18.0 Å². The predicted molar refractivity (Wildman–Crippen MR) is 179 cm³/mol. The first-order chi connectivity index (χ1) is 22.4. The average molecular weight is 655 g/mol. The van der Waals surface area contributed by atoms with Crippen LogP contribution in [0.4, 0.5) is 4.79 Å². The number of aliphatic imine (C=N–C) groups is 1. The molecule has 12 heteroatoms. The van der Waals surface area contributed by atoms with Crippen molar-refractivity contribution in [1.82, 2.24) is 20.1 Å². The van der Waals surface area contributed by atoms with Crippen LogP contribution < -0.4 is 15.8 Å². The summed E-state index contributed by atoms with van der Waals surface area (Å²) < 4.78 is 6.40. The molecule has 6 rings (SSSR count). The number of urea groups is 1. The van der Waals surface area contributed by atoms with Crippen molar-refractivity contribution in [3.63, 3.8) is 0 Å². The third-order valence-electron chi connectivity index (χ3n) is 8.03. The molecule has 242 valence electrons. The number of nitrogens with two attached hydrogens (primary N) is 1. The zero-order valence-corrected chi connectivity index (χ0v) is 27.0. The Morgan fingerprint density at radius 3 is 2.51 bits per heavy atom. The zero-order valence-electron chi connectivity index (χ0n) is 26.2. The van der Waals surface area contributed by atoms with E-state index in [4.69, 9.17) is 27.1 Å². The number of Topliss-reactive ketones (excluding diaryl/α,β-unsaturated/α-hetero) is 1. The van der Waals surface area contributed by atoms with Gasteiger partial charge in [-0.1, -0.05) is 48.0 Å². The van der Waals surface area contributed by atoms with E-state index in [1.165, 1.54) is 4.90 Å². The Kier molecular flexibility index (Phi) is 8.50. The number of aromatic nitrogens is 1. The number of benzene rings is 3. The summed E-state index contributed by atoms with van der Waals surface area (Å²) in [7, 11) is 0.